The fraction of sp³-hybridized carbons (Fsp3) is 0.310. The van der Waals surface area contributed by atoms with Gasteiger partial charge < -0.3 is 10.2 Å². The molecule has 2 amide bonds. The summed E-state index contributed by atoms with van der Waals surface area (Å²) in [6.07, 6.45) is -4.35. The van der Waals surface area contributed by atoms with Crippen molar-refractivity contribution < 1.29 is 31.2 Å². The Morgan fingerprint density at radius 2 is 1.60 bits per heavy atom. The Morgan fingerprint density at radius 3 is 2.20 bits per heavy atom. The van der Waals surface area contributed by atoms with E-state index in [0.717, 1.165) is 23.3 Å². The fourth-order valence-corrected chi connectivity index (χ4v) is 5.50. The first-order valence-electron chi connectivity index (χ1n) is 12.7. The molecule has 0 saturated heterocycles. The molecule has 1 atom stereocenters. The van der Waals surface area contributed by atoms with Crippen molar-refractivity contribution in [2.75, 3.05) is 23.9 Å². The highest BCUT2D eigenvalue weighted by molar-refractivity contribution is 7.92. The number of anilines is 1. The van der Waals surface area contributed by atoms with Crippen molar-refractivity contribution >= 4 is 27.5 Å². The second-order valence-electron chi connectivity index (χ2n) is 9.27. The van der Waals surface area contributed by atoms with Crippen molar-refractivity contribution in [3.63, 3.8) is 0 Å². The van der Waals surface area contributed by atoms with Crippen LogP contribution < -0.4 is 9.62 Å². The average molecular weight is 576 g/mol. The predicted molar refractivity (Wildman–Crippen MR) is 147 cm³/mol. The van der Waals surface area contributed by atoms with Crippen molar-refractivity contribution in [1.29, 1.82) is 0 Å². The van der Waals surface area contributed by atoms with Crippen molar-refractivity contribution in [2.45, 2.75) is 44.3 Å². The topological polar surface area (TPSA) is 86.8 Å². The van der Waals surface area contributed by atoms with E-state index < -0.39 is 46.2 Å². The van der Waals surface area contributed by atoms with Crippen LogP contribution in [-0.2, 0) is 32.2 Å². The molecule has 0 spiro atoms. The molecule has 0 unspecified atom stereocenters. The van der Waals surface area contributed by atoms with E-state index in [-0.39, 0.29) is 17.1 Å². The van der Waals surface area contributed by atoms with Crippen LogP contribution in [0.15, 0.2) is 83.8 Å². The second-order valence-corrected chi connectivity index (χ2v) is 11.1. The maximum Gasteiger partial charge on any atom is 0.416 e. The third-order valence-corrected chi connectivity index (χ3v) is 8.14. The Labute approximate surface area is 232 Å². The van der Waals surface area contributed by atoms with E-state index in [2.05, 4.69) is 5.32 Å². The van der Waals surface area contributed by atoms with Gasteiger partial charge in [0.05, 0.1) is 16.1 Å². The largest absolute Gasteiger partial charge is 0.416 e. The minimum Gasteiger partial charge on any atom is -0.355 e. The molecule has 0 aliphatic rings. The molecule has 3 aromatic rings. The molecule has 1 N–H and O–H groups in total. The lowest BCUT2D eigenvalue weighted by Crippen LogP contribution is -2.52. The molecular weight excluding hydrogens is 543 g/mol. The minimum absolute atomic E-state index is 0.0855. The van der Waals surface area contributed by atoms with Crippen LogP contribution in [0.2, 0.25) is 0 Å². The van der Waals surface area contributed by atoms with Gasteiger partial charge in [-0.3, -0.25) is 13.9 Å². The standard InChI is InChI=1S/C29H32F3N3O4S/c1-4-33-28(37)22(3)34(18-17-23-9-6-5-7-10-23)27(36)20-35(25-12-8-11-24(19-25)29(30,31)32)40(38,39)26-15-13-21(2)14-16-26/h5-16,19,22H,4,17-18,20H2,1-3H3,(H,33,37)/t22-/m0/s1. The zero-order chi connectivity index (χ0) is 29.5. The molecule has 0 aliphatic heterocycles. The number of aryl methyl sites for hydroxylation is 1. The number of rotatable bonds is 11. The summed E-state index contributed by atoms with van der Waals surface area (Å²) in [4.78, 5) is 27.5. The maximum absolute atomic E-state index is 13.7. The first-order chi connectivity index (χ1) is 18.8. The molecular formula is C29H32F3N3O4S. The van der Waals surface area contributed by atoms with Gasteiger partial charge in [0.15, 0.2) is 0 Å². The minimum atomic E-state index is -4.73. The second kappa shape index (κ2) is 13.0. The van der Waals surface area contributed by atoms with Gasteiger partial charge in [0.2, 0.25) is 11.8 Å². The number of carbonyl (C=O) groups excluding carboxylic acids is 2. The van der Waals surface area contributed by atoms with Crippen LogP contribution in [0.5, 0.6) is 0 Å². The summed E-state index contributed by atoms with van der Waals surface area (Å²) in [5.74, 6) is -1.17. The number of halogens is 3. The van der Waals surface area contributed by atoms with Gasteiger partial charge in [-0.2, -0.15) is 13.2 Å². The van der Waals surface area contributed by atoms with E-state index in [1.165, 1.54) is 30.0 Å². The van der Waals surface area contributed by atoms with Gasteiger partial charge in [-0.25, -0.2) is 8.42 Å². The van der Waals surface area contributed by atoms with E-state index >= 15 is 0 Å². The number of sulfonamides is 1. The average Bonchev–Trinajstić information content (AvgIpc) is 2.92. The summed E-state index contributed by atoms with van der Waals surface area (Å²) in [5.41, 5.74) is 0.296. The Hall–Kier alpha value is -3.86. The predicted octanol–water partition coefficient (Wildman–Crippen LogP) is 4.81. The molecule has 0 saturated carbocycles. The first-order valence-corrected chi connectivity index (χ1v) is 14.2. The summed E-state index contributed by atoms with van der Waals surface area (Å²) in [5, 5.41) is 2.66. The lowest BCUT2D eigenvalue weighted by Gasteiger charge is -2.32. The number of nitrogens with zero attached hydrogens (tertiary/aromatic N) is 2. The zero-order valence-corrected chi connectivity index (χ0v) is 23.3. The van der Waals surface area contributed by atoms with Crippen molar-refractivity contribution in [2.24, 2.45) is 0 Å². The normalized spacial score (nSPS) is 12.4. The molecule has 40 heavy (non-hydrogen) atoms. The highest BCUT2D eigenvalue weighted by Crippen LogP contribution is 2.33. The molecule has 0 aromatic heterocycles. The van der Waals surface area contributed by atoms with E-state index in [9.17, 15) is 31.2 Å². The zero-order valence-electron chi connectivity index (χ0n) is 22.5. The van der Waals surface area contributed by atoms with Crippen LogP contribution >= 0.6 is 0 Å². The molecule has 11 heteroatoms. The fourth-order valence-electron chi connectivity index (χ4n) is 4.10. The summed E-state index contributed by atoms with van der Waals surface area (Å²) in [6, 6.07) is 17.9. The summed E-state index contributed by atoms with van der Waals surface area (Å²) >= 11 is 0. The highest BCUT2D eigenvalue weighted by atomic mass is 32.2. The molecule has 0 radical (unpaired) electrons. The van der Waals surface area contributed by atoms with Crippen LogP contribution in [0.1, 0.15) is 30.5 Å². The number of hydrogen-bond acceptors (Lipinski definition) is 4. The molecule has 3 rings (SSSR count). The lowest BCUT2D eigenvalue weighted by molar-refractivity contribution is -0.138. The van der Waals surface area contributed by atoms with Crippen molar-refractivity contribution in [3.05, 3.63) is 95.6 Å². The van der Waals surface area contributed by atoms with Gasteiger partial charge in [0.1, 0.15) is 12.6 Å². The van der Waals surface area contributed by atoms with Gasteiger partial charge in [-0.05, 0) is 63.1 Å². The molecule has 3 aromatic carbocycles. The smallest absolute Gasteiger partial charge is 0.355 e. The van der Waals surface area contributed by atoms with E-state index in [4.69, 9.17) is 0 Å². The summed E-state index contributed by atoms with van der Waals surface area (Å²) in [7, 11) is -4.47. The molecule has 7 nitrogen and oxygen atoms in total. The van der Waals surface area contributed by atoms with Gasteiger partial charge in [-0.1, -0.05) is 54.1 Å². The Bertz CT molecular complexity index is 1410. The quantitative estimate of drug-likeness (QED) is 0.356. The van der Waals surface area contributed by atoms with Gasteiger partial charge in [0.25, 0.3) is 10.0 Å². The summed E-state index contributed by atoms with van der Waals surface area (Å²) < 4.78 is 68.7. The molecule has 0 fully saturated rings. The van der Waals surface area contributed by atoms with Crippen LogP contribution in [-0.4, -0.2) is 50.8 Å². The van der Waals surface area contributed by atoms with Gasteiger partial charge in [0, 0.05) is 13.1 Å². The van der Waals surface area contributed by atoms with Crippen LogP contribution in [0.4, 0.5) is 18.9 Å². The van der Waals surface area contributed by atoms with E-state index in [0.29, 0.717) is 23.3 Å². The number of hydrogen-bond donors (Lipinski definition) is 1. The van der Waals surface area contributed by atoms with E-state index in [1.54, 1.807) is 26.0 Å². The molecule has 214 valence electrons. The Balaban J connectivity index is 2.04. The number of carbonyl (C=O) groups is 2. The van der Waals surface area contributed by atoms with Gasteiger partial charge >= 0.3 is 6.18 Å². The first kappa shape index (κ1) is 30.7. The van der Waals surface area contributed by atoms with Gasteiger partial charge in [-0.15, -0.1) is 0 Å². The third kappa shape index (κ3) is 7.62. The number of benzene rings is 3. The monoisotopic (exact) mass is 575 g/mol. The number of likely N-dealkylation sites (N-methyl/N-ethyl adjacent to an activating group) is 1. The van der Waals surface area contributed by atoms with Crippen LogP contribution in [0.25, 0.3) is 0 Å². The number of alkyl halides is 3. The van der Waals surface area contributed by atoms with Crippen molar-refractivity contribution in [3.8, 4) is 0 Å². The molecule has 0 aliphatic carbocycles. The highest BCUT2D eigenvalue weighted by Gasteiger charge is 2.35. The maximum atomic E-state index is 13.7. The third-order valence-electron chi connectivity index (χ3n) is 6.35. The Morgan fingerprint density at radius 1 is 0.950 bits per heavy atom. The molecule has 0 bridgehead atoms. The lowest BCUT2D eigenvalue weighted by atomic mass is 10.1. The molecule has 0 heterocycles. The summed E-state index contributed by atoms with van der Waals surface area (Å²) in [6.45, 7) is 4.61. The SMILES string of the molecule is CCNC(=O)[C@H](C)N(CCc1ccccc1)C(=O)CN(c1cccc(C(F)(F)F)c1)S(=O)(=O)c1ccc(C)cc1. The van der Waals surface area contributed by atoms with Crippen LogP contribution in [0, 0.1) is 6.92 Å². The van der Waals surface area contributed by atoms with E-state index in [1.807, 2.05) is 30.3 Å². The van der Waals surface area contributed by atoms with Crippen molar-refractivity contribution in [1.82, 2.24) is 10.2 Å². The Kier molecular flexibility index (Phi) is 9.97. The van der Waals surface area contributed by atoms with Crippen LogP contribution in [0.3, 0.4) is 0 Å². The number of nitrogens with one attached hydrogen (secondary N) is 1. The number of amides is 2.